The lowest BCUT2D eigenvalue weighted by Crippen LogP contribution is -2.14. The quantitative estimate of drug-likeness (QED) is 0.136. The van der Waals surface area contributed by atoms with Crippen LogP contribution in [0.2, 0.25) is 0 Å². The van der Waals surface area contributed by atoms with Crippen molar-refractivity contribution in [2.75, 3.05) is 6.61 Å². The van der Waals surface area contributed by atoms with Gasteiger partial charge in [0.05, 0.1) is 12.2 Å². The van der Waals surface area contributed by atoms with E-state index >= 15 is 0 Å². The van der Waals surface area contributed by atoms with Gasteiger partial charge in [-0.2, -0.15) is 0 Å². The van der Waals surface area contributed by atoms with Gasteiger partial charge in [-0.05, 0) is 32.1 Å². The number of rotatable bonds is 20. The smallest absolute Gasteiger partial charge is 0.0930 e. The summed E-state index contributed by atoms with van der Waals surface area (Å²) in [6.45, 7) is 4.91. The summed E-state index contributed by atoms with van der Waals surface area (Å²) in [5.41, 5.74) is 0. The Morgan fingerprint density at radius 1 is 0.400 bits per heavy atom. The third kappa shape index (κ3) is 28.1. The average Bonchev–Trinajstić information content (AvgIpc) is 2.96. The van der Waals surface area contributed by atoms with E-state index in [1.54, 1.807) is 0 Å². The Balaban J connectivity index is 1.95. The van der Waals surface area contributed by atoms with Crippen molar-refractivity contribution < 1.29 is 9.84 Å². The second-order valence-corrected chi connectivity index (χ2v) is 13.4. The van der Waals surface area contributed by atoms with E-state index in [2.05, 4.69) is 6.92 Å². The van der Waals surface area contributed by atoms with Crippen molar-refractivity contribution in [2.45, 2.75) is 231 Å². The van der Waals surface area contributed by atoms with Gasteiger partial charge < -0.3 is 4.74 Å². The minimum atomic E-state index is -0.292. The zero-order chi connectivity index (χ0) is 28.6. The van der Waals surface area contributed by atoms with Crippen molar-refractivity contribution in [3.63, 3.8) is 0 Å². The van der Waals surface area contributed by atoms with Crippen LogP contribution in [0.4, 0.5) is 0 Å². The maximum absolute atomic E-state index is 12.1. The van der Waals surface area contributed by atoms with Crippen LogP contribution in [-0.2, 0) is 9.84 Å². The van der Waals surface area contributed by atoms with Crippen LogP contribution in [0.25, 0.3) is 0 Å². The molecule has 0 aromatic rings. The largest absolute Gasteiger partial charge is 0.378 e. The highest BCUT2D eigenvalue weighted by atomic mass is 16.5. The van der Waals surface area contributed by atoms with Gasteiger partial charge in [-0.3, -0.25) is 0 Å². The van der Waals surface area contributed by atoms with Crippen molar-refractivity contribution >= 4 is 0 Å². The Bertz CT molecular complexity index is 444. The summed E-state index contributed by atoms with van der Waals surface area (Å²) in [6.07, 6.45) is 45.3. The van der Waals surface area contributed by atoms with Gasteiger partial charge in [0.2, 0.25) is 0 Å². The van der Waals surface area contributed by atoms with Crippen molar-refractivity contribution in [1.29, 1.82) is 0 Å². The lowest BCUT2D eigenvalue weighted by molar-refractivity contribution is 0.0356. The van der Waals surface area contributed by atoms with Crippen LogP contribution in [-0.4, -0.2) is 18.8 Å². The van der Waals surface area contributed by atoms with Crippen molar-refractivity contribution in [1.82, 2.24) is 0 Å². The first kappa shape index (κ1) is 37.9. The van der Waals surface area contributed by atoms with Crippen LogP contribution in [0, 0.1) is 6.92 Å². The first-order valence-electron chi connectivity index (χ1n) is 18.9. The van der Waals surface area contributed by atoms with E-state index in [-0.39, 0.29) is 6.10 Å². The number of hydrogen-bond donors (Lipinski definition) is 0. The van der Waals surface area contributed by atoms with Gasteiger partial charge in [0.25, 0.3) is 0 Å². The summed E-state index contributed by atoms with van der Waals surface area (Å²) >= 11 is 0. The molecule has 0 aliphatic heterocycles. The molecule has 238 valence electrons. The van der Waals surface area contributed by atoms with Crippen LogP contribution in [0.5, 0.6) is 0 Å². The third-order valence-electron chi connectivity index (χ3n) is 9.35. The summed E-state index contributed by atoms with van der Waals surface area (Å²) in [4.78, 5) is 0. The molecule has 2 heteroatoms. The van der Waals surface area contributed by atoms with Crippen molar-refractivity contribution in [3.8, 4) is 0 Å². The van der Waals surface area contributed by atoms with Crippen LogP contribution < -0.4 is 0 Å². The molecule has 0 spiro atoms. The molecule has 2 nitrogen and oxygen atoms in total. The Hall–Kier alpha value is -0.0800. The average molecular weight is 563 g/mol. The minimum absolute atomic E-state index is 0.292. The molecule has 1 aliphatic carbocycles. The molecule has 0 aromatic heterocycles. The molecule has 40 heavy (non-hydrogen) atoms. The topological polar surface area (TPSA) is 29.1 Å². The van der Waals surface area contributed by atoms with Crippen LogP contribution in [0.1, 0.15) is 218 Å². The molecule has 0 amide bonds. The van der Waals surface area contributed by atoms with Gasteiger partial charge in [0, 0.05) is 6.61 Å². The minimum Gasteiger partial charge on any atom is -0.378 e. The fraction of sp³-hybridized carbons (Fsp3) is 0.974. The molecule has 0 N–H and O–H groups in total. The summed E-state index contributed by atoms with van der Waals surface area (Å²) in [5.74, 6) is 0. The van der Waals surface area contributed by atoms with E-state index in [0.29, 0.717) is 6.10 Å². The molecular formula is C38H74O2. The van der Waals surface area contributed by atoms with Gasteiger partial charge in [0.15, 0.2) is 0 Å². The molecule has 1 fully saturated rings. The Morgan fingerprint density at radius 3 is 1.07 bits per heavy atom. The lowest BCUT2D eigenvalue weighted by Gasteiger charge is -2.18. The van der Waals surface area contributed by atoms with E-state index in [0.717, 1.165) is 38.7 Å². The molecule has 0 saturated heterocycles. The Morgan fingerprint density at radius 2 is 0.700 bits per heavy atom. The second-order valence-electron chi connectivity index (χ2n) is 13.4. The SMILES string of the molecule is [CH2]CCCCCCCCCCCCCCCCCCCOC1CCCCCCCCC([O])CCCCCCCC1. The first-order chi connectivity index (χ1) is 19.8. The maximum Gasteiger partial charge on any atom is 0.0930 e. The van der Waals surface area contributed by atoms with E-state index < -0.39 is 0 Å². The first-order valence-corrected chi connectivity index (χ1v) is 18.9. The number of unbranched alkanes of at least 4 members (excludes halogenated alkanes) is 17. The molecular weight excluding hydrogens is 488 g/mol. The molecule has 1 saturated carbocycles. The monoisotopic (exact) mass is 563 g/mol. The van der Waals surface area contributed by atoms with Crippen LogP contribution in [0.3, 0.4) is 0 Å². The molecule has 2 radical (unpaired) electrons. The molecule has 0 aromatic carbocycles. The van der Waals surface area contributed by atoms with Crippen LogP contribution in [0.15, 0.2) is 0 Å². The Labute approximate surface area is 253 Å². The molecule has 0 unspecified atom stereocenters. The van der Waals surface area contributed by atoms with Crippen molar-refractivity contribution in [3.05, 3.63) is 6.92 Å². The molecule has 0 bridgehead atoms. The lowest BCUT2D eigenvalue weighted by atomic mass is 9.99. The molecule has 0 heterocycles. The van der Waals surface area contributed by atoms with Gasteiger partial charge >= 0.3 is 0 Å². The fourth-order valence-electron chi connectivity index (χ4n) is 6.54. The summed E-state index contributed by atoms with van der Waals surface area (Å²) in [6, 6.07) is 0. The summed E-state index contributed by atoms with van der Waals surface area (Å²) < 4.78 is 6.43. The highest BCUT2D eigenvalue weighted by molar-refractivity contribution is 4.62. The highest BCUT2D eigenvalue weighted by Crippen LogP contribution is 2.20. The van der Waals surface area contributed by atoms with E-state index in [1.807, 2.05) is 0 Å². The zero-order valence-electron chi connectivity index (χ0n) is 27.4. The van der Waals surface area contributed by atoms with E-state index in [4.69, 9.17) is 4.74 Å². The van der Waals surface area contributed by atoms with Crippen LogP contribution >= 0.6 is 0 Å². The predicted octanol–water partition coefficient (Wildman–Crippen LogP) is 13.3. The van der Waals surface area contributed by atoms with Gasteiger partial charge in [0.1, 0.15) is 0 Å². The molecule has 1 rings (SSSR count). The standard InChI is InChI=1S/C38H74O2/c1-2-3-4-5-6-7-8-9-10-11-12-13-14-15-16-21-26-31-36-40-38-34-29-24-19-17-22-27-32-37(39)33-28-23-18-20-25-30-35-38/h37-38H,1-36H2. The second kappa shape index (κ2) is 31.8. The molecule has 0 atom stereocenters. The van der Waals surface area contributed by atoms with E-state index in [1.165, 1.54) is 186 Å². The highest BCUT2D eigenvalue weighted by Gasteiger charge is 2.10. The fourth-order valence-corrected chi connectivity index (χ4v) is 6.54. The number of ether oxygens (including phenoxy) is 1. The normalized spacial score (nSPS) is 21.1. The third-order valence-corrected chi connectivity index (χ3v) is 9.35. The van der Waals surface area contributed by atoms with Crippen molar-refractivity contribution in [2.24, 2.45) is 0 Å². The summed E-state index contributed by atoms with van der Waals surface area (Å²) in [7, 11) is 0. The van der Waals surface area contributed by atoms with Gasteiger partial charge in [-0.25, -0.2) is 5.11 Å². The Kier molecular flexibility index (Phi) is 30.2. The predicted molar refractivity (Wildman–Crippen MR) is 177 cm³/mol. The number of hydrogen-bond acceptors (Lipinski definition) is 1. The van der Waals surface area contributed by atoms with Gasteiger partial charge in [-0.15, -0.1) is 0 Å². The molecule has 1 aliphatic rings. The van der Waals surface area contributed by atoms with E-state index in [9.17, 15) is 5.11 Å². The zero-order valence-corrected chi connectivity index (χ0v) is 27.4. The maximum atomic E-state index is 12.1. The summed E-state index contributed by atoms with van der Waals surface area (Å²) in [5, 5.41) is 12.1. The van der Waals surface area contributed by atoms with Gasteiger partial charge in [-0.1, -0.05) is 193 Å².